The Morgan fingerprint density at radius 1 is 1.38 bits per heavy atom. The van der Waals surface area contributed by atoms with Gasteiger partial charge in [0.05, 0.1) is 4.92 Å². The summed E-state index contributed by atoms with van der Waals surface area (Å²) in [5, 5.41) is 15.0. The maximum atomic E-state index is 11.0. The predicted octanol–water partition coefficient (Wildman–Crippen LogP) is 3.24. The molecule has 0 spiro atoms. The van der Waals surface area contributed by atoms with Crippen molar-refractivity contribution in [2.45, 2.75) is 26.3 Å². The van der Waals surface area contributed by atoms with Crippen molar-refractivity contribution in [2.75, 3.05) is 26.2 Å². The highest BCUT2D eigenvalue weighted by Crippen LogP contribution is 2.35. The van der Waals surface area contributed by atoms with Crippen LogP contribution in [0.5, 0.6) is 0 Å². The third kappa shape index (κ3) is 4.15. The number of rotatable bonds is 5. The van der Waals surface area contributed by atoms with E-state index in [4.69, 9.17) is 11.6 Å². The molecular weight excluding hydrogens is 290 g/mol. The molecule has 1 aromatic carbocycles. The van der Waals surface area contributed by atoms with E-state index < -0.39 is 0 Å². The summed E-state index contributed by atoms with van der Waals surface area (Å²) in [6, 6.07) is 4.89. The highest BCUT2D eigenvalue weighted by Gasteiger charge is 2.26. The van der Waals surface area contributed by atoms with Gasteiger partial charge < -0.3 is 5.32 Å². The lowest BCUT2D eigenvalue weighted by Gasteiger charge is -2.36. The Morgan fingerprint density at radius 2 is 2.05 bits per heavy atom. The summed E-state index contributed by atoms with van der Waals surface area (Å²) < 4.78 is 0. The summed E-state index contributed by atoms with van der Waals surface area (Å²) in [4.78, 5) is 13.0. The molecule has 0 saturated carbocycles. The van der Waals surface area contributed by atoms with Gasteiger partial charge in [0.2, 0.25) is 0 Å². The van der Waals surface area contributed by atoms with Gasteiger partial charge in [-0.2, -0.15) is 0 Å². The van der Waals surface area contributed by atoms with E-state index in [-0.39, 0.29) is 16.7 Å². The van der Waals surface area contributed by atoms with E-state index in [1.807, 2.05) is 0 Å². The number of hydrogen-bond acceptors (Lipinski definition) is 4. The summed E-state index contributed by atoms with van der Waals surface area (Å²) in [7, 11) is 0. The van der Waals surface area contributed by atoms with Crippen LogP contribution in [0.3, 0.4) is 0 Å². The van der Waals surface area contributed by atoms with E-state index in [0.717, 1.165) is 38.2 Å². The van der Waals surface area contributed by atoms with E-state index in [0.29, 0.717) is 10.9 Å². The molecule has 0 radical (unpaired) electrons. The zero-order valence-corrected chi connectivity index (χ0v) is 13.3. The number of nitrogens with one attached hydrogen (secondary N) is 1. The van der Waals surface area contributed by atoms with Crippen LogP contribution in [0.2, 0.25) is 5.02 Å². The van der Waals surface area contributed by atoms with Crippen LogP contribution in [-0.2, 0) is 0 Å². The van der Waals surface area contributed by atoms with E-state index in [2.05, 4.69) is 24.1 Å². The number of hydrogen-bond donors (Lipinski definition) is 1. The number of piperazine rings is 1. The van der Waals surface area contributed by atoms with E-state index >= 15 is 0 Å². The van der Waals surface area contributed by atoms with Gasteiger partial charge in [0.1, 0.15) is 0 Å². The molecule has 2 rings (SSSR count). The van der Waals surface area contributed by atoms with Gasteiger partial charge in [-0.15, -0.1) is 0 Å². The molecule has 0 bridgehead atoms. The Balaban J connectivity index is 2.34. The van der Waals surface area contributed by atoms with Crippen molar-refractivity contribution in [3.8, 4) is 0 Å². The van der Waals surface area contributed by atoms with E-state index in [1.54, 1.807) is 12.1 Å². The lowest BCUT2D eigenvalue weighted by Crippen LogP contribution is -2.45. The number of non-ortho nitro benzene ring substituents is 1. The Morgan fingerprint density at radius 3 is 2.62 bits per heavy atom. The van der Waals surface area contributed by atoms with Crippen molar-refractivity contribution >= 4 is 17.3 Å². The maximum absolute atomic E-state index is 11.0. The molecule has 1 N–H and O–H groups in total. The van der Waals surface area contributed by atoms with Crippen molar-refractivity contribution in [3.05, 3.63) is 38.9 Å². The van der Waals surface area contributed by atoms with Crippen LogP contribution in [0.15, 0.2) is 18.2 Å². The molecule has 1 heterocycles. The normalized spacial score (nSPS) is 17.9. The lowest BCUT2D eigenvalue weighted by atomic mass is 9.94. The molecule has 6 heteroatoms. The molecule has 0 amide bonds. The van der Waals surface area contributed by atoms with Crippen LogP contribution in [-0.4, -0.2) is 36.0 Å². The molecule has 116 valence electrons. The first kappa shape index (κ1) is 16.2. The van der Waals surface area contributed by atoms with Gasteiger partial charge in [-0.1, -0.05) is 25.4 Å². The Labute approximate surface area is 130 Å². The topological polar surface area (TPSA) is 58.4 Å². The van der Waals surface area contributed by atoms with Gasteiger partial charge in [0, 0.05) is 49.4 Å². The molecule has 21 heavy (non-hydrogen) atoms. The minimum atomic E-state index is -0.357. The van der Waals surface area contributed by atoms with E-state index in [9.17, 15) is 10.1 Å². The Hall–Kier alpha value is -1.17. The number of nitro benzene ring substituents is 1. The quantitative estimate of drug-likeness (QED) is 0.670. The summed E-state index contributed by atoms with van der Waals surface area (Å²) in [5.74, 6) is 0.500. The average molecular weight is 312 g/mol. The lowest BCUT2D eigenvalue weighted by molar-refractivity contribution is -0.385. The molecule has 1 aliphatic heterocycles. The van der Waals surface area contributed by atoms with Crippen LogP contribution < -0.4 is 5.32 Å². The van der Waals surface area contributed by atoms with Gasteiger partial charge in [0.25, 0.3) is 5.69 Å². The van der Waals surface area contributed by atoms with Crippen LogP contribution in [0.1, 0.15) is 31.9 Å². The van der Waals surface area contributed by atoms with Crippen molar-refractivity contribution in [1.29, 1.82) is 0 Å². The minimum Gasteiger partial charge on any atom is -0.314 e. The fraction of sp³-hybridized carbons (Fsp3) is 0.600. The first-order valence-electron chi connectivity index (χ1n) is 7.37. The van der Waals surface area contributed by atoms with E-state index in [1.165, 1.54) is 6.07 Å². The summed E-state index contributed by atoms with van der Waals surface area (Å²) in [6.07, 6.45) is 0.945. The molecule has 1 aliphatic rings. The number of nitro groups is 1. The predicted molar refractivity (Wildman–Crippen MR) is 84.7 cm³/mol. The first-order valence-corrected chi connectivity index (χ1v) is 7.75. The van der Waals surface area contributed by atoms with Gasteiger partial charge in [-0.05, 0) is 24.0 Å². The maximum Gasteiger partial charge on any atom is 0.269 e. The van der Waals surface area contributed by atoms with Crippen LogP contribution in [0.4, 0.5) is 5.69 Å². The van der Waals surface area contributed by atoms with Crippen molar-refractivity contribution < 1.29 is 4.92 Å². The smallest absolute Gasteiger partial charge is 0.269 e. The monoisotopic (exact) mass is 311 g/mol. The summed E-state index contributed by atoms with van der Waals surface area (Å²) >= 11 is 6.33. The summed E-state index contributed by atoms with van der Waals surface area (Å²) in [5.41, 5.74) is 0.986. The fourth-order valence-electron chi connectivity index (χ4n) is 2.81. The average Bonchev–Trinajstić information content (AvgIpc) is 2.46. The van der Waals surface area contributed by atoms with Gasteiger partial charge in [-0.3, -0.25) is 15.0 Å². The molecule has 1 atom stereocenters. The largest absolute Gasteiger partial charge is 0.314 e. The fourth-order valence-corrected chi connectivity index (χ4v) is 3.06. The first-order chi connectivity index (χ1) is 9.99. The molecule has 1 aromatic rings. The molecule has 0 unspecified atom stereocenters. The second kappa shape index (κ2) is 7.20. The molecule has 0 aromatic heterocycles. The highest BCUT2D eigenvalue weighted by atomic mass is 35.5. The second-order valence-corrected chi connectivity index (χ2v) is 6.30. The summed E-state index contributed by atoms with van der Waals surface area (Å²) in [6.45, 7) is 8.11. The third-order valence-electron chi connectivity index (χ3n) is 3.84. The highest BCUT2D eigenvalue weighted by molar-refractivity contribution is 6.31. The molecule has 0 aliphatic carbocycles. The number of nitrogens with zero attached hydrogens (tertiary/aromatic N) is 2. The molecule has 1 saturated heterocycles. The number of benzene rings is 1. The Kier molecular flexibility index (Phi) is 5.56. The van der Waals surface area contributed by atoms with Crippen molar-refractivity contribution in [3.63, 3.8) is 0 Å². The van der Waals surface area contributed by atoms with Gasteiger partial charge in [-0.25, -0.2) is 0 Å². The van der Waals surface area contributed by atoms with Gasteiger partial charge in [0.15, 0.2) is 0 Å². The number of halogens is 1. The second-order valence-electron chi connectivity index (χ2n) is 5.89. The minimum absolute atomic E-state index is 0.110. The zero-order valence-electron chi connectivity index (χ0n) is 12.5. The SMILES string of the molecule is CC(C)C[C@@H](c1cc([N+](=O)[O-])ccc1Cl)N1CCNCC1. The van der Waals surface area contributed by atoms with Crippen molar-refractivity contribution in [1.82, 2.24) is 10.2 Å². The molecule has 1 fully saturated rings. The van der Waals surface area contributed by atoms with Crippen LogP contribution >= 0.6 is 11.6 Å². The van der Waals surface area contributed by atoms with Crippen LogP contribution in [0.25, 0.3) is 0 Å². The van der Waals surface area contributed by atoms with Crippen LogP contribution in [0, 0.1) is 16.0 Å². The zero-order chi connectivity index (χ0) is 15.4. The molecule has 5 nitrogen and oxygen atoms in total. The Bertz CT molecular complexity index is 502. The molecular formula is C15H22ClN3O2. The third-order valence-corrected chi connectivity index (χ3v) is 4.18. The van der Waals surface area contributed by atoms with Crippen molar-refractivity contribution in [2.24, 2.45) is 5.92 Å². The standard InChI is InChI=1S/C15H22ClN3O2/c1-11(2)9-15(18-7-5-17-6-8-18)13-10-12(19(20)21)3-4-14(13)16/h3-4,10-11,15,17H,5-9H2,1-2H3/t15-/m0/s1. The van der Waals surface area contributed by atoms with Gasteiger partial charge >= 0.3 is 0 Å².